The highest BCUT2D eigenvalue weighted by Crippen LogP contribution is 2.33. The third kappa shape index (κ3) is 2.64. The monoisotopic (exact) mass is 315 g/mol. The zero-order valence-electron chi connectivity index (χ0n) is 14.0. The van der Waals surface area contributed by atoms with Gasteiger partial charge < -0.3 is 5.32 Å². The summed E-state index contributed by atoms with van der Waals surface area (Å²) >= 11 is 0. The molecule has 1 amide bonds. The fourth-order valence-electron chi connectivity index (χ4n) is 3.60. The van der Waals surface area contributed by atoms with E-state index in [1.54, 1.807) is 10.7 Å². The number of nitrogens with one attached hydrogen (secondary N) is 1. The minimum atomic E-state index is -0.277. The molecule has 1 heterocycles. The van der Waals surface area contributed by atoms with Crippen LogP contribution in [0.25, 0.3) is 0 Å². The smallest absolute Gasteiger partial charge is 0.227 e. The van der Waals surface area contributed by atoms with E-state index in [0.29, 0.717) is 6.42 Å². The molecule has 1 N–H and O–H groups in total. The van der Waals surface area contributed by atoms with Gasteiger partial charge in [0.15, 0.2) is 0 Å². The summed E-state index contributed by atoms with van der Waals surface area (Å²) in [5, 5.41) is 7.46. The Morgan fingerprint density at radius 2 is 2.17 bits per heavy atom. The molecule has 1 aromatic heterocycles. The molecule has 23 heavy (non-hydrogen) atoms. The topological polar surface area (TPSA) is 46.9 Å². The Morgan fingerprint density at radius 1 is 1.43 bits per heavy atom. The highest BCUT2D eigenvalue weighted by Gasteiger charge is 2.29. The van der Waals surface area contributed by atoms with Crippen molar-refractivity contribution in [3.63, 3.8) is 0 Å². The molecule has 0 radical (unpaired) electrons. The molecule has 1 aliphatic carbocycles. The van der Waals surface area contributed by atoms with Crippen molar-refractivity contribution in [3.05, 3.63) is 52.1 Å². The summed E-state index contributed by atoms with van der Waals surface area (Å²) in [6.07, 6.45) is 1.42. The first-order valence-corrected chi connectivity index (χ1v) is 7.98. The first-order valence-electron chi connectivity index (χ1n) is 7.98. The number of benzene rings is 1. The van der Waals surface area contributed by atoms with Crippen LogP contribution in [0.3, 0.4) is 0 Å². The van der Waals surface area contributed by atoms with Gasteiger partial charge in [-0.3, -0.25) is 9.48 Å². The van der Waals surface area contributed by atoms with Gasteiger partial charge in [0.2, 0.25) is 5.91 Å². The Kier molecular flexibility index (Phi) is 3.96. The molecule has 0 fully saturated rings. The summed E-state index contributed by atoms with van der Waals surface area (Å²) < 4.78 is 15.6. The van der Waals surface area contributed by atoms with Crippen LogP contribution in [0.1, 0.15) is 53.4 Å². The number of carbonyl (C=O) groups is 1. The van der Waals surface area contributed by atoms with Crippen molar-refractivity contribution in [2.45, 2.75) is 45.6 Å². The van der Waals surface area contributed by atoms with Crippen molar-refractivity contribution in [2.75, 3.05) is 0 Å². The molecule has 1 aliphatic rings. The van der Waals surface area contributed by atoms with Gasteiger partial charge in [-0.2, -0.15) is 5.10 Å². The normalized spacial score (nSPS) is 17.9. The van der Waals surface area contributed by atoms with Gasteiger partial charge >= 0.3 is 0 Å². The summed E-state index contributed by atoms with van der Waals surface area (Å²) in [6, 6.07) is 4.99. The lowest BCUT2D eigenvalue weighted by Crippen LogP contribution is -2.31. The number of rotatable bonds is 3. The van der Waals surface area contributed by atoms with Gasteiger partial charge in [0.25, 0.3) is 0 Å². The Morgan fingerprint density at radius 3 is 2.83 bits per heavy atom. The summed E-state index contributed by atoms with van der Waals surface area (Å²) in [6.45, 7) is 5.79. The summed E-state index contributed by atoms with van der Waals surface area (Å²) in [5.41, 5.74) is 4.50. The van der Waals surface area contributed by atoms with Gasteiger partial charge in [-0.25, -0.2) is 4.39 Å². The van der Waals surface area contributed by atoms with E-state index in [-0.39, 0.29) is 23.7 Å². The third-order valence-corrected chi connectivity index (χ3v) is 4.92. The molecule has 0 aliphatic heterocycles. The third-order valence-electron chi connectivity index (χ3n) is 4.92. The lowest BCUT2D eigenvalue weighted by Gasteiger charge is -2.18. The number of amides is 1. The van der Waals surface area contributed by atoms with E-state index in [2.05, 4.69) is 10.4 Å². The number of aromatic nitrogens is 2. The number of carbonyl (C=O) groups excluding carboxylic acids is 1. The fraction of sp³-hybridized carbons (Fsp3) is 0.444. The van der Waals surface area contributed by atoms with Crippen LogP contribution in [-0.4, -0.2) is 15.7 Å². The molecule has 0 unspecified atom stereocenters. The standard InChI is InChI=1S/C18H22FN3O/c1-10(17-11(2)21-22(4)12(17)3)18(23)20-16-9-8-13-14(16)6-5-7-15(13)19/h5-7,10,16H,8-9H2,1-4H3,(H,20,23)/t10-,16+/m1/s1. The second-order valence-corrected chi connectivity index (χ2v) is 6.34. The highest BCUT2D eigenvalue weighted by atomic mass is 19.1. The Hall–Kier alpha value is -2.17. The van der Waals surface area contributed by atoms with Gasteiger partial charge in [0.05, 0.1) is 17.7 Å². The van der Waals surface area contributed by atoms with Gasteiger partial charge in [-0.15, -0.1) is 0 Å². The van der Waals surface area contributed by atoms with E-state index < -0.39 is 0 Å². The van der Waals surface area contributed by atoms with Crippen LogP contribution in [0.5, 0.6) is 0 Å². The first-order chi connectivity index (χ1) is 10.9. The van der Waals surface area contributed by atoms with E-state index in [1.165, 1.54) is 6.07 Å². The first kappa shape index (κ1) is 15.7. The molecular weight excluding hydrogens is 293 g/mol. The largest absolute Gasteiger partial charge is 0.349 e. The van der Waals surface area contributed by atoms with Crippen molar-refractivity contribution in [3.8, 4) is 0 Å². The van der Waals surface area contributed by atoms with Gasteiger partial charge in [-0.05, 0) is 50.8 Å². The molecule has 122 valence electrons. The number of hydrogen-bond acceptors (Lipinski definition) is 2. The van der Waals surface area contributed by atoms with Crippen molar-refractivity contribution in [2.24, 2.45) is 7.05 Å². The van der Waals surface area contributed by atoms with E-state index in [0.717, 1.165) is 34.5 Å². The fourth-order valence-corrected chi connectivity index (χ4v) is 3.60. The molecule has 0 bridgehead atoms. The predicted molar refractivity (Wildman–Crippen MR) is 86.7 cm³/mol. The zero-order valence-corrected chi connectivity index (χ0v) is 14.0. The molecule has 2 atom stereocenters. The molecule has 0 saturated heterocycles. The number of nitrogens with zero attached hydrogens (tertiary/aromatic N) is 2. The molecule has 2 aromatic rings. The van der Waals surface area contributed by atoms with Crippen molar-refractivity contribution in [1.29, 1.82) is 0 Å². The number of fused-ring (bicyclic) bond motifs is 1. The summed E-state index contributed by atoms with van der Waals surface area (Å²) in [7, 11) is 1.88. The van der Waals surface area contributed by atoms with Crippen LogP contribution >= 0.6 is 0 Å². The Bertz CT molecular complexity index is 766. The van der Waals surface area contributed by atoms with Crippen LogP contribution in [0.15, 0.2) is 18.2 Å². The van der Waals surface area contributed by atoms with Crippen molar-refractivity contribution in [1.82, 2.24) is 15.1 Å². The Balaban J connectivity index is 1.80. The van der Waals surface area contributed by atoms with Crippen molar-refractivity contribution >= 4 is 5.91 Å². The SMILES string of the molecule is Cc1nn(C)c(C)c1[C@@H](C)C(=O)N[C@H]1CCc2c(F)cccc21. The molecule has 0 saturated carbocycles. The zero-order chi connectivity index (χ0) is 16.7. The maximum absolute atomic E-state index is 13.8. The minimum absolute atomic E-state index is 0.0358. The van der Waals surface area contributed by atoms with E-state index in [9.17, 15) is 9.18 Å². The van der Waals surface area contributed by atoms with Gasteiger partial charge in [-0.1, -0.05) is 12.1 Å². The predicted octanol–water partition coefficient (Wildman–Crippen LogP) is 3.08. The minimum Gasteiger partial charge on any atom is -0.349 e. The highest BCUT2D eigenvalue weighted by molar-refractivity contribution is 5.84. The molecule has 0 spiro atoms. The summed E-state index contributed by atoms with van der Waals surface area (Å²) in [5.74, 6) is -0.487. The Labute approximate surface area is 135 Å². The van der Waals surface area contributed by atoms with Crippen molar-refractivity contribution < 1.29 is 9.18 Å². The maximum Gasteiger partial charge on any atom is 0.227 e. The second kappa shape index (κ2) is 5.80. The molecular formula is C18H22FN3O. The van der Waals surface area contributed by atoms with Crippen LogP contribution < -0.4 is 5.32 Å². The van der Waals surface area contributed by atoms with Crippen LogP contribution in [-0.2, 0) is 18.3 Å². The number of hydrogen-bond donors (Lipinski definition) is 1. The average molecular weight is 315 g/mol. The van der Waals surface area contributed by atoms with Crippen LogP contribution in [0, 0.1) is 19.7 Å². The number of halogens is 1. The van der Waals surface area contributed by atoms with E-state index >= 15 is 0 Å². The van der Waals surface area contributed by atoms with Crippen LogP contribution in [0.2, 0.25) is 0 Å². The molecule has 1 aromatic carbocycles. The molecule has 3 rings (SSSR count). The lowest BCUT2D eigenvalue weighted by atomic mass is 9.97. The van der Waals surface area contributed by atoms with E-state index in [4.69, 9.17) is 0 Å². The average Bonchev–Trinajstić information content (AvgIpc) is 3.01. The maximum atomic E-state index is 13.8. The van der Waals surface area contributed by atoms with Gasteiger partial charge in [0, 0.05) is 18.3 Å². The number of aryl methyl sites for hydroxylation is 2. The summed E-state index contributed by atoms with van der Waals surface area (Å²) in [4.78, 5) is 12.7. The molecule has 4 nitrogen and oxygen atoms in total. The molecule has 5 heteroatoms. The quantitative estimate of drug-likeness (QED) is 0.946. The van der Waals surface area contributed by atoms with Gasteiger partial charge in [0.1, 0.15) is 5.82 Å². The second-order valence-electron chi connectivity index (χ2n) is 6.34. The van der Waals surface area contributed by atoms with E-state index in [1.807, 2.05) is 33.9 Å². The van der Waals surface area contributed by atoms with Crippen LogP contribution in [0.4, 0.5) is 4.39 Å². The lowest BCUT2D eigenvalue weighted by molar-refractivity contribution is -0.123.